The molecule has 2 N–H and O–H groups in total. The van der Waals surface area contributed by atoms with Crippen molar-refractivity contribution in [1.29, 1.82) is 0 Å². The van der Waals surface area contributed by atoms with Gasteiger partial charge in [0.15, 0.2) is 11.5 Å². The number of halogens is 3. The third-order valence-electron chi connectivity index (χ3n) is 4.37. The van der Waals surface area contributed by atoms with E-state index in [-0.39, 0.29) is 6.61 Å². The molecule has 0 saturated carbocycles. The quantitative estimate of drug-likeness (QED) is 0.226. The molecule has 0 bridgehead atoms. The molecule has 3 aromatic rings. The highest BCUT2D eigenvalue weighted by Gasteiger charge is 2.13. The molecule has 176 valence electrons. The van der Waals surface area contributed by atoms with Gasteiger partial charge in [-0.25, -0.2) is 5.43 Å². The van der Waals surface area contributed by atoms with E-state index in [1.54, 1.807) is 54.6 Å². The van der Waals surface area contributed by atoms with Crippen molar-refractivity contribution in [2.45, 2.75) is 13.5 Å². The van der Waals surface area contributed by atoms with Gasteiger partial charge >= 0.3 is 11.8 Å². The number of hydrogen-bond acceptors (Lipinski definition) is 5. The van der Waals surface area contributed by atoms with Gasteiger partial charge in [-0.1, -0.05) is 46.9 Å². The monoisotopic (exact) mass is 519 g/mol. The van der Waals surface area contributed by atoms with Crippen molar-refractivity contribution in [3.8, 4) is 11.5 Å². The SMILES string of the molecule is CCOc1cc(/C=N/NC(=O)C(=O)Nc2cccc(Cl)c2)ccc1OCc1c(Cl)cccc1Cl. The summed E-state index contributed by atoms with van der Waals surface area (Å²) in [5.41, 5.74) is 3.85. The average Bonchev–Trinajstić information content (AvgIpc) is 2.80. The second-order valence-electron chi connectivity index (χ2n) is 6.79. The Hall–Kier alpha value is -3.26. The minimum Gasteiger partial charge on any atom is -0.490 e. The fourth-order valence-electron chi connectivity index (χ4n) is 2.78. The fraction of sp³-hybridized carbons (Fsp3) is 0.125. The molecule has 0 unspecified atom stereocenters. The average molecular weight is 521 g/mol. The molecule has 0 saturated heterocycles. The summed E-state index contributed by atoms with van der Waals surface area (Å²) in [6, 6.07) is 16.8. The smallest absolute Gasteiger partial charge is 0.329 e. The lowest BCUT2D eigenvalue weighted by Gasteiger charge is -2.14. The number of ether oxygens (including phenoxy) is 2. The first kappa shape index (κ1) is 25.4. The van der Waals surface area contributed by atoms with Crippen LogP contribution in [0.3, 0.4) is 0 Å². The van der Waals surface area contributed by atoms with Crippen LogP contribution in [0.4, 0.5) is 5.69 Å². The lowest BCUT2D eigenvalue weighted by molar-refractivity contribution is -0.136. The highest BCUT2D eigenvalue weighted by atomic mass is 35.5. The lowest BCUT2D eigenvalue weighted by Crippen LogP contribution is -2.32. The number of carbonyl (C=O) groups excluding carboxylic acids is 2. The molecule has 0 fully saturated rings. The van der Waals surface area contributed by atoms with E-state index in [1.165, 1.54) is 12.3 Å². The molecule has 0 radical (unpaired) electrons. The first-order chi connectivity index (χ1) is 16.4. The number of nitrogens with one attached hydrogen (secondary N) is 2. The van der Waals surface area contributed by atoms with E-state index in [1.807, 2.05) is 6.92 Å². The number of benzene rings is 3. The van der Waals surface area contributed by atoms with Crippen molar-refractivity contribution < 1.29 is 19.1 Å². The summed E-state index contributed by atoms with van der Waals surface area (Å²) >= 11 is 18.3. The van der Waals surface area contributed by atoms with Gasteiger partial charge in [0.25, 0.3) is 0 Å². The summed E-state index contributed by atoms with van der Waals surface area (Å²) in [6.07, 6.45) is 1.38. The van der Waals surface area contributed by atoms with Gasteiger partial charge in [-0.2, -0.15) is 5.10 Å². The van der Waals surface area contributed by atoms with Crippen LogP contribution in [-0.4, -0.2) is 24.6 Å². The van der Waals surface area contributed by atoms with E-state index in [2.05, 4.69) is 15.8 Å². The molecule has 10 heteroatoms. The van der Waals surface area contributed by atoms with Crippen LogP contribution in [-0.2, 0) is 16.2 Å². The Balaban J connectivity index is 1.62. The zero-order valence-electron chi connectivity index (χ0n) is 18.0. The molecule has 34 heavy (non-hydrogen) atoms. The predicted molar refractivity (Wildman–Crippen MR) is 134 cm³/mol. The van der Waals surface area contributed by atoms with E-state index >= 15 is 0 Å². The Morgan fingerprint density at radius 2 is 1.65 bits per heavy atom. The van der Waals surface area contributed by atoms with Crippen molar-refractivity contribution >= 4 is 58.5 Å². The van der Waals surface area contributed by atoms with Gasteiger partial charge in [-0.05, 0) is 61.0 Å². The Labute approximate surface area is 211 Å². The summed E-state index contributed by atoms with van der Waals surface area (Å²) in [5, 5.41) is 7.70. The van der Waals surface area contributed by atoms with Crippen LogP contribution in [0.2, 0.25) is 15.1 Å². The molecule has 0 aliphatic rings. The number of anilines is 1. The summed E-state index contributed by atoms with van der Waals surface area (Å²) in [7, 11) is 0. The molecule has 3 aromatic carbocycles. The van der Waals surface area contributed by atoms with E-state index in [0.29, 0.717) is 50.0 Å². The molecule has 0 aliphatic carbocycles. The highest BCUT2D eigenvalue weighted by Crippen LogP contribution is 2.31. The number of rotatable bonds is 8. The summed E-state index contributed by atoms with van der Waals surface area (Å²) in [5.74, 6) is -0.853. The Morgan fingerprint density at radius 3 is 2.35 bits per heavy atom. The predicted octanol–water partition coefficient (Wildman–Crippen LogP) is 5.71. The topological polar surface area (TPSA) is 89.0 Å². The minimum absolute atomic E-state index is 0.157. The second-order valence-corrected chi connectivity index (χ2v) is 8.04. The summed E-state index contributed by atoms with van der Waals surface area (Å²) in [4.78, 5) is 24.0. The summed E-state index contributed by atoms with van der Waals surface area (Å²) in [6.45, 7) is 2.41. The standard InChI is InChI=1S/C24H20Cl3N3O4/c1-2-33-22-11-15(9-10-21(22)34-14-18-19(26)7-4-8-20(18)27)13-28-30-24(32)23(31)29-17-6-3-5-16(25)12-17/h3-13H,2,14H2,1H3,(H,29,31)(H,30,32)/b28-13+. The van der Waals surface area contributed by atoms with E-state index < -0.39 is 11.8 Å². The fourth-order valence-corrected chi connectivity index (χ4v) is 3.48. The van der Waals surface area contributed by atoms with Gasteiger partial charge in [0, 0.05) is 26.3 Å². The highest BCUT2D eigenvalue weighted by molar-refractivity contribution is 6.40. The normalized spacial score (nSPS) is 10.7. The van der Waals surface area contributed by atoms with Crippen LogP contribution >= 0.6 is 34.8 Å². The molecule has 3 rings (SSSR count). The molecule has 0 atom stereocenters. The molecule has 0 aromatic heterocycles. The van der Waals surface area contributed by atoms with Gasteiger partial charge < -0.3 is 14.8 Å². The second kappa shape index (κ2) is 12.3. The van der Waals surface area contributed by atoms with Gasteiger partial charge in [0.1, 0.15) is 6.61 Å². The van der Waals surface area contributed by atoms with Crippen LogP contribution in [0.1, 0.15) is 18.1 Å². The molecule has 0 spiro atoms. The molecular formula is C24H20Cl3N3O4. The molecule has 7 nitrogen and oxygen atoms in total. The van der Waals surface area contributed by atoms with E-state index in [4.69, 9.17) is 44.3 Å². The number of hydrazone groups is 1. The number of hydrogen-bond donors (Lipinski definition) is 2. The largest absolute Gasteiger partial charge is 0.490 e. The van der Waals surface area contributed by atoms with Crippen LogP contribution in [0.25, 0.3) is 0 Å². The number of nitrogens with zero attached hydrogens (tertiary/aromatic N) is 1. The zero-order valence-corrected chi connectivity index (χ0v) is 20.2. The van der Waals surface area contributed by atoms with Crippen molar-refractivity contribution in [3.63, 3.8) is 0 Å². The molecule has 2 amide bonds. The third-order valence-corrected chi connectivity index (χ3v) is 5.31. The van der Waals surface area contributed by atoms with Crippen LogP contribution in [0.5, 0.6) is 11.5 Å². The van der Waals surface area contributed by atoms with Crippen molar-refractivity contribution in [1.82, 2.24) is 5.43 Å². The van der Waals surface area contributed by atoms with Crippen molar-refractivity contribution in [2.24, 2.45) is 5.10 Å². The Morgan fingerprint density at radius 1 is 0.912 bits per heavy atom. The molecule has 0 heterocycles. The van der Waals surface area contributed by atoms with E-state index in [9.17, 15) is 9.59 Å². The van der Waals surface area contributed by atoms with Gasteiger partial charge in [0.05, 0.1) is 12.8 Å². The maximum atomic E-state index is 12.0. The van der Waals surface area contributed by atoms with Gasteiger partial charge in [-0.3, -0.25) is 9.59 Å². The number of carbonyl (C=O) groups is 2. The van der Waals surface area contributed by atoms with Crippen molar-refractivity contribution in [2.75, 3.05) is 11.9 Å². The van der Waals surface area contributed by atoms with Gasteiger partial charge in [-0.15, -0.1) is 0 Å². The first-order valence-electron chi connectivity index (χ1n) is 10.1. The van der Waals surface area contributed by atoms with Crippen LogP contribution in [0.15, 0.2) is 65.8 Å². The third kappa shape index (κ3) is 7.12. The first-order valence-corrected chi connectivity index (χ1v) is 11.2. The Bertz CT molecular complexity index is 1200. The lowest BCUT2D eigenvalue weighted by atomic mass is 10.2. The maximum absolute atomic E-state index is 12.0. The minimum atomic E-state index is -0.933. The molecular weight excluding hydrogens is 501 g/mol. The van der Waals surface area contributed by atoms with Crippen LogP contribution in [0, 0.1) is 0 Å². The summed E-state index contributed by atoms with van der Waals surface area (Å²) < 4.78 is 11.5. The number of amides is 2. The van der Waals surface area contributed by atoms with Gasteiger partial charge in [0.2, 0.25) is 0 Å². The van der Waals surface area contributed by atoms with E-state index in [0.717, 1.165) is 0 Å². The maximum Gasteiger partial charge on any atom is 0.329 e. The Kier molecular flexibility index (Phi) is 9.16. The zero-order chi connectivity index (χ0) is 24.5. The van der Waals surface area contributed by atoms with Crippen molar-refractivity contribution in [3.05, 3.63) is 86.9 Å². The van der Waals surface area contributed by atoms with Crippen LogP contribution < -0.4 is 20.2 Å². The molecule has 0 aliphatic heterocycles.